The summed E-state index contributed by atoms with van der Waals surface area (Å²) < 4.78 is 0. The molecule has 0 spiro atoms. The summed E-state index contributed by atoms with van der Waals surface area (Å²) in [5.74, 6) is 1.62. The van der Waals surface area contributed by atoms with Crippen LogP contribution in [0.25, 0.3) is 0 Å². The SMILES string of the molecule is CCN(CC)c1ccc(Nc2nncc(Nc3ccc(C(C)C)cc3)n2)cc1. The highest BCUT2D eigenvalue weighted by molar-refractivity contribution is 5.61. The van der Waals surface area contributed by atoms with Crippen LogP contribution in [0.3, 0.4) is 0 Å². The first-order valence-corrected chi connectivity index (χ1v) is 9.77. The lowest BCUT2D eigenvalue weighted by molar-refractivity contribution is 0.866. The molecule has 3 aromatic rings. The largest absolute Gasteiger partial charge is 0.372 e. The molecule has 0 saturated carbocycles. The fraction of sp³-hybridized carbons (Fsp3) is 0.318. The van der Waals surface area contributed by atoms with Gasteiger partial charge in [0.25, 0.3) is 0 Å². The minimum Gasteiger partial charge on any atom is -0.372 e. The van der Waals surface area contributed by atoms with Gasteiger partial charge in [-0.05, 0) is 61.7 Å². The van der Waals surface area contributed by atoms with Crippen molar-refractivity contribution in [3.63, 3.8) is 0 Å². The Morgan fingerprint density at radius 1 is 0.857 bits per heavy atom. The van der Waals surface area contributed by atoms with Crippen LogP contribution in [0.5, 0.6) is 0 Å². The molecule has 0 atom stereocenters. The lowest BCUT2D eigenvalue weighted by Gasteiger charge is -2.21. The third kappa shape index (κ3) is 4.97. The van der Waals surface area contributed by atoms with Crippen LogP contribution in [-0.2, 0) is 0 Å². The summed E-state index contributed by atoms with van der Waals surface area (Å²) in [5, 5.41) is 14.6. The molecule has 0 aliphatic rings. The van der Waals surface area contributed by atoms with Gasteiger partial charge in [0.05, 0.1) is 6.20 Å². The number of anilines is 5. The van der Waals surface area contributed by atoms with Gasteiger partial charge in [0.1, 0.15) is 0 Å². The van der Waals surface area contributed by atoms with E-state index in [0.717, 1.165) is 24.5 Å². The first-order chi connectivity index (χ1) is 13.6. The van der Waals surface area contributed by atoms with Gasteiger partial charge in [-0.3, -0.25) is 0 Å². The molecular formula is C22H28N6. The van der Waals surface area contributed by atoms with Gasteiger partial charge in [0.2, 0.25) is 5.95 Å². The lowest BCUT2D eigenvalue weighted by atomic mass is 10.0. The van der Waals surface area contributed by atoms with Crippen LogP contribution in [0.2, 0.25) is 0 Å². The van der Waals surface area contributed by atoms with E-state index in [0.29, 0.717) is 17.7 Å². The van der Waals surface area contributed by atoms with Gasteiger partial charge >= 0.3 is 0 Å². The fourth-order valence-electron chi connectivity index (χ4n) is 2.99. The molecule has 6 nitrogen and oxygen atoms in total. The van der Waals surface area contributed by atoms with Gasteiger partial charge in [-0.1, -0.05) is 26.0 Å². The molecule has 0 saturated heterocycles. The average molecular weight is 377 g/mol. The molecule has 6 heteroatoms. The molecule has 0 unspecified atom stereocenters. The van der Waals surface area contributed by atoms with Crippen molar-refractivity contribution in [3.8, 4) is 0 Å². The Kier molecular flexibility index (Phi) is 6.42. The predicted molar refractivity (Wildman–Crippen MR) is 117 cm³/mol. The van der Waals surface area contributed by atoms with Crippen molar-refractivity contribution in [3.05, 3.63) is 60.3 Å². The Morgan fingerprint density at radius 3 is 2.07 bits per heavy atom. The summed E-state index contributed by atoms with van der Waals surface area (Å²) in [4.78, 5) is 6.81. The first-order valence-electron chi connectivity index (χ1n) is 9.77. The zero-order chi connectivity index (χ0) is 19.9. The summed E-state index contributed by atoms with van der Waals surface area (Å²) in [6, 6.07) is 16.6. The molecule has 0 amide bonds. The van der Waals surface area contributed by atoms with E-state index in [2.05, 4.69) is 94.8 Å². The molecule has 0 fully saturated rings. The van der Waals surface area contributed by atoms with E-state index < -0.39 is 0 Å². The number of hydrogen-bond acceptors (Lipinski definition) is 6. The second kappa shape index (κ2) is 9.17. The zero-order valence-electron chi connectivity index (χ0n) is 17.0. The van der Waals surface area contributed by atoms with Gasteiger partial charge < -0.3 is 15.5 Å². The maximum absolute atomic E-state index is 4.50. The number of hydrogen-bond donors (Lipinski definition) is 2. The van der Waals surface area contributed by atoms with E-state index in [1.54, 1.807) is 6.20 Å². The Morgan fingerprint density at radius 2 is 1.46 bits per heavy atom. The van der Waals surface area contributed by atoms with Gasteiger partial charge in [-0.2, -0.15) is 10.1 Å². The van der Waals surface area contributed by atoms with Crippen LogP contribution in [-0.4, -0.2) is 28.3 Å². The summed E-state index contributed by atoms with van der Waals surface area (Å²) in [5.41, 5.74) is 4.41. The minimum atomic E-state index is 0.458. The molecule has 146 valence electrons. The molecule has 0 radical (unpaired) electrons. The van der Waals surface area contributed by atoms with Gasteiger partial charge in [-0.25, -0.2) is 0 Å². The molecule has 1 aromatic heterocycles. The van der Waals surface area contributed by atoms with E-state index >= 15 is 0 Å². The van der Waals surface area contributed by atoms with E-state index in [1.165, 1.54) is 11.3 Å². The molecule has 1 heterocycles. The van der Waals surface area contributed by atoms with E-state index in [4.69, 9.17) is 0 Å². The van der Waals surface area contributed by atoms with Crippen LogP contribution < -0.4 is 15.5 Å². The van der Waals surface area contributed by atoms with Crippen molar-refractivity contribution in [2.45, 2.75) is 33.6 Å². The summed E-state index contributed by atoms with van der Waals surface area (Å²) in [6.45, 7) is 10.7. The normalized spacial score (nSPS) is 10.8. The van der Waals surface area contributed by atoms with Crippen molar-refractivity contribution in [2.24, 2.45) is 0 Å². The summed E-state index contributed by atoms with van der Waals surface area (Å²) >= 11 is 0. The summed E-state index contributed by atoms with van der Waals surface area (Å²) in [6.07, 6.45) is 1.62. The highest BCUT2D eigenvalue weighted by atomic mass is 15.3. The minimum absolute atomic E-state index is 0.458. The molecule has 0 aliphatic heterocycles. The molecule has 0 aliphatic carbocycles. The van der Waals surface area contributed by atoms with E-state index in [-0.39, 0.29) is 0 Å². The van der Waals surface area contributed by atoms with Gasteiger partial charge in [0.15, 0.2) is 5.82 Å². The predicted octanol–water partition coefficient (Wildman–Crippen LogP) is 5.33. The Balaban J connectivity index is 1.67. The molecule has 28 heavy (non-hydrogen) atoms. The fourth-order valence-corrected chi connectivity index (χ4v) is 2.99. The quantitative estimate of drug-likeness (QED) is 0.554. The Bertz CT molecular complexity index is 870. The van der Waals surface area contributed by atoms with Crippen LogP contribution in [0.4, 0.5) is 28.8 Å². The average Bonchev–Trinajstić information content (AvgIpc) is 2.71. The number of rotatable bonds is 8. The highest BCUT2D eigenvalue weighted by Crippen LogP contribution is 2.22. The second-order valence-electron chi connectivity index (χ2n) is 6.91. The molecular weight excluding hydrogens is 348 g/mol. The highest BCUT2D eigenvalue weighted by Gasteiger charge is 2.05. The zero-order valence-corrected chi connectivity index (χ0v) is 17.0. The van der Waals surface area contributed by atoms with Crippen molar-refractivity contribution < 1.29 is 0 Å². The number of benzene rings is 2. The number of nitrogens with one attached hydrogen (secondary N) is 2. The molecule has 2 aromatic carbocycles. The van der Waals surface area contributed by atoms with Crippen molar-refractivity contribution >= 4 is 28.8 Å². The van der Waals surface area contributed by atoms with Crippen LogP contribution in [0, 0.1) is 0 Å². The van der Waals surface area contributed by atoms with Gasteiger partial charge in [0, 0.05) is 30.2 Å². The monoisotopic (exact) mass is 376 g/mol. The Labute approximate surface area is 167 Å². The topological polar surface area (TPSA) is 66.0 Å². The van der Waals surface area contributed by atoms with Crippen LogP contribution >= 0.6 is 0 Å². The van der Waals surface area contributed by atoms with Crippen molar-refractivity contribution in [1.29, 1.82) is 0 Å². The molecule has 3 rings (SSSR count). The molecule has 2 N–H and O–H groups in total. The maximum Gasteiger partial charge on any atom is 0.249 e. The van der Waals surface area contributed by atoms with Crippen LogP contribution in [0.15, 0.2) is 54.7 Å². The van der Waals surface area contributed by atoms with Crippen LogP contribution in [0.1, 0.15) is 39.2 Å². The van der Waals surface area contributed by atoms with E-state index in [9.17, 15) is 0 Å². The lowest BCUT2D eigenvalue weighted by Crippen LogP contribution is -2.21. The Hall–Kier alpha value is -3.15. The third-order valence-electron chi connectivity index (χ3n) is 4.66. The van der Waals surface area contributed by atoms with Gasteiger partial charge in [-0.15, -0.1) is 5.10 Å². The number of aromatic nitrogens is 3. The van der Waals surface area contributed by atoms with Crippen molar-refractivity contribution in [2.75, 3.05) is 28.6 Å². The second-order valence-corrected chi connectivity index (χ2v) is 6.91. The first kappa shape index (κ1) is 19.6. The smallest absolute Gasteiger partial charge is 0.249 e. The van der Waals surface area contributed by atoms with E-state index in [1.807, 2.05) is 12.1 Å². The summed E-state index contributed by atoms with van der Waals surface area (Å²) in [7, 11) is 0. The third-order valence-corrected chi connectivity index (χ3v) is 4.66. The number of nitrogens with zero attached hydrogens (tertiary/aromatic N) is 4. The standard InChI is InChI=1S/C22H28N6/c1-5-28(6-2)20-13-11-19(12-14-20)25-22-26-21(15-23-27-22)24-18-9-7-17(8-10-18)16(3)4/h7-16H,5-6H2,1-4H3,(H2,24,25,26,27). The molecule has 0 bridgehead atoms. The maximum atomic E-state index is 4.50. The van der Waals surface area contributed by atoms with Crippen molar-refractivity contribution in [1.82, 2.24) is 15.2 Å².